The highest BCUT2D eigenvalue weighted by molar-refractivity contribution is 6.32. The van der Waals surface area contributed by atoms with Gasteiger partial charge >= 0.3 is 18.0 Å². The lowest BCUT2D eigenvalue weighted by atomic mass is 10.1. The summed E-state index contributed by atoms with van der Waals surface area (Å²) in [4.78, 5) is 47.8. The van der Waals surface area contributed by atoms with Gasteiger partial charge in [-0.15, -0.1) is 0 Å². The van der Waals surface area contributed by atoms with E-state index in [-0.39, 0.29) is 35.4 Å². The monoisotopic (exact) mass is 426 g/mol. The van der Waals surface area contributed by atoms with Crippen LogP contribution in [0, 0.1) is 0 Å². The number of hydrogen-bond acceptors (Lipinski definition) is 8. The number of nitrogens with one attached hydrogen (secondary N) is 1. The van der Waals surface area contributed by atoms with Gasteiger partial charge in [0.05, 0.1) is 25.8 Å². The van der Waals surface area contributed by atoms with Gasteiger partial charge in [0.15, 0.2) is 18.1 Å². The van der Waals surface area contributed by atoms with Crippen LogP contribution >= 0.6 is 11.6 Å². The highest BCUT2D eigenvalue weighted by Crippen LogP contribution is 2.37. The van der Waals surface area contributed by atoms with Crippen LogP contribution in [0.2, 0.25) is 5.02 Å². The zero-order chi connectivity index (χ0) is 21.6. The van der Waals surface area contributed by atoms with Gasteiger partial charge in [-0.1, -0.05) is 11.6 Å². The van der Waals surface area contributed by atoms with Crippen molar-refractivity contribution in [2.24, 2.45) is 0 Å². The highest BCUT2D eigenvalue weighted by Gasteiger charge is 2.35. The van der Waals surface area contributed by atoms with Crippen LogP contribution < -0.4 is 14.8 Å². The minimum atomic E-state index is -0.751. The number of hydrogen-bond donors (Lipinski definition) is 1. The maximum Gasteiger partial charge on any atom is 0.344 e. The van der Waals surface area contributed by atoms with Crippen molar-refractivity contribution < 1.29 is 38.1 Å². The molecular weight excluding hydrogens is 408 g/mol. The first-order valence-electron chi connectivity index (χ1n) is 8.38. The number of rotatable bonds is 8. The third kappa shape index (κ3) is 5.38. The fourth-order valence-corrected chi connectivity index (χ4v) is 2.65. The van der Waals surface area contributed by atoms with Crippen molar-refractivity contribution in [3.05, 3.63) is 28.4 Å². The number of carbonyl (C=O) groups is 4. The highest BCUT2D eigenvalue weighted by atomic mass is 35.5. The van der Waals surface area contributed by atoms with Crippen molar-refractivity contribution in [1.82, 2.24) is 10.2 Å². The van der Waals surface area contributed by atoms with Crippen LogP contribution in [0.25, 0.3) is 6.08 Å². The predicted octanol–water partition coefficient (Wildman–Crippen LogP) is 1.36. The first-order valence-corrected chi connectivity index (χ1v) is 8.75. The van der Waals surface area contributed by atoms with Gasteiger partial charge in [-0.3, -0.25) is 9.59 Å². The van der Waals surface area contributed by atoms with Crippen LogP contribution in [0.1, 0.15) is 12.5 Å². The van der Waals surface area contributed by atoms with Gasteiger partial charge < -0.3 is 24.3 Å². The Morgan fingerprint density at radius 2 is 1.93 bits per heavy atom. The van der Waals surface area contributed by atoms with Gasteiger partial charge in [0, 0.05) is 0 Å². The molecule has 1 aliphatic heterocycles. The van der Waals surface area contributed by atoms with Crippen LogP contribution in [0.15, 0.2) is 17.8 Å². The first-order chi connectivity index (χ1) is 13.8. The molecule has 0 unspecified atom stereocenters. The molecule has 0 aromatic heterocycles. The van der Waals surface area contributed by atoms with Gasteiger partial charge in [0.2, 0.25) is 0 Å². The molecule has 1 aliphatic rings. The van der Waals surface area contributed by atoms with Crippen molar-refractivity contribution in [1.29, 1.82) is 0 Å². The number of carbonyl (C=O) groups excluding carboxylic acids is 4. The van der Waals surface area contributed by atoms with E-state index in [0.717, 1.165) is 7.11 Å². The fraction of sp³-hybridized carbons (Fsp3) is 0.333. The number of imide groups is 1. The van der Waals surface area contributed by atoms with Crippen molar-refractivity contribution in [2.45, 2.75) is 6.92 Å². The lowest BCUT2D eigenvalue weighted by Gasteiger charge is -2.13. The average molecular weight is 427 g/mol. The van der Waals surface area contributed by atoms with Crippen LogP contribution in [0.3, 0.4) is 0 Å². The summed E-state index contributed by atoms with van der Waals surface area (Å²) in [6, 6.07) is 2.21. The summed E-state index contributed by atoms with van der Waals surface area (Å²) in [5.41, 5.74) is 0.358. The molecular formula is C18H19ClN2O8. The number of methoxy groups -OCH3 is 2. The summed E-state index contributed by atoms with van der Waals surface area (Å²) < 4.78 is 19.8. The van der Waals surface area contributed by atoms with E-state index in [1.54, 1.807) is 6.92 Å². The molecule has 0 spiro atoms. The maximum absolute atomic E-state index is 12.3. The quantitative estimate of drug-likeness (QED) is 0.376. The molecule has 0 atom stereocenters. The van der Waals surface area contributed by atoms with E-state index in [9.17, 15) is 19.2 Å². The Morgan fingerprint density at radius 3 is 2.55 bits per heavy atom. The van der Waals surface area contributed by atoms with Gasteiger partial charge in [0.25, 0.3) is 5.91 Å². The van der Waals surface area contributed by atoms with Gasteiger partial charge in [-0.25, -0.2) is 14.5 Å². The lowest BCUT2D eigenvalue weighted by Crippen LogP contribution is -2.36. The summed E-state index contributed by atoms with van der Waals surface area (Å²) in [6.07, 6.45) is 1.36. The van der Waals surface area contributed by atoms with Crippen molar-refractivity contribution in [3.63, 3.8) is 0 Å². The number of amides is 3. The summed E-state index contributed by atoms with van der Waals surface area (Å²) in [5.74, 6) is -1.67. The topological polar surface area (TPSA) is 120 Å². The molecule has 0 radical (unpaired) electrons. The Kier molecular flexibility index (Phi) is 7.43. The van der Waals surface area contributed by atoms with Crippen LogP contribution in [-0.4, -0.2) is 62.8 Å². The van der Waals surface area contributed by atoms with E-state index in [1.165, 1.54) is 25.3 Å². The van der Waals surface area contributed by atoms with E-state index in [2.05, 4.69) is 10.1 Å². The molecule has 1 aromatic rings. The molecule has 29 heavy (non-hydrogen) atoms. The second-order valence-electron chi connectivity index (χ2n) is 5.58. The summed E-state index contributed by atoms with van der Waals surface area (Å²) in [5, 5.41) is 2.49. The van der Waals surface area contributed by atoms with Crippen LogP contribution in [0.4, 0.5) is 4.79 Å². The molecule has 1 saturated heterocycles. The van der Waals surface area contributed by atoms with E-state index in [0.29, 0.717) is 10.5 Å². The second kappa shape index (κ2) is 9.78. The minimum Gasteiger partial charge on any atom is -0.493 e. The number of urea groups is 1. The third-order valence-electron chi connectivity index (χ3n) is 3.68. The smallest absolute Gasteiger partial charge is 0.344 e. The number of halogens is 1. The molecule has 1 fully saturated rings. The summed E-state index contributed by atoms with van der Waals surface area (Å²) >= 11 is 6.21. The Balaban J connectivity index is 2.24. The zero-order valence-corrected chi connectivity index (χ0v) is 16.7. The molecule has 2 rings (SSSR count). The van der Waals surface area contributed by atoms with Gasteiger partial charge in [-0.2, -0.15) is 0 Å². The standard InChI is InChI=1S/C18H19ClN2O8/c1-4-28-15(23)9-29-16-11(19)5-10(7-13(16)26-2)6-12-17(24)21(18(25)20-12)8-14(22)27-3/h5-7H,4,8-9H2,1-3H3,(H,20,25)/b12-6+. The maximum atomic E-state index is 12.3. The molecule has 10 nitrogen and oxygen atoms in total. The first kappa shape index (κ1) is 22.0. The number of benzene rings is 1. The number of ether oxygens (including phenoxy) is 4. The molecule has 1 aromatic carbocycles. The Hall–Kier alpha value is -3.27. The molecule has 0 bridgehead atoms. The van der Waals surface area contributed by atoms with E-state index in [1.807, 2.05) is 0 Å². The zero-order valence-electron chi connectivity index (χ0n) is 15.9. The fourth-order valence-electron chi connectivity index (χ4n) is 2.37. The molecule has 0 saturated carbocycles. The van der Waals surface area contributed by atoms with E-state index >= 15 is 0 Å². The molecule has 1 heterocycles. The van der Waals surface area contributed by atoms with Gasteiger partial charge in [-0.05, 0) is 30.7 Å². The van der Waals surface area contributed by atoms with Crippen molar-refractivity contribution in [2.75, 3.05) is 34.0 Å². The molecule has 1 N–H and O–H groups in total. The second-order valence-corrected chi connectivity index (χ2v) is 5.99. The molecule has 11 heteroatoms. The lowest BCUT2D eigenvalue weighted by molar-refractivity contribution is -0.145. The molecule has 156 valence electrons. The molecule has 0 aliphatic carbocycles. The normalized spacial score (nSPS) is 14.6. The predicted molar refractivity (Wildman–Crippen MR) is 100 cm³/mol. The number of nitrogens with zero attached hydrogens (tertiary/aromatic N) is 1. The Morgan fingerprint density at radius 1 is 1.21 bits per heavy atom. The third-order valence-corrected chi connectivity index (χ3v) is 3.96. The van der Waals surface area contributed by atoms with Crippen LogP contribution in [0.5, 0.6) is 11.5 Å². The van der Waals surface area contributed by atoms with Crippen molar-refractivity contribution >= 4 is 41.6 Å². The van der Waals surface area contributed by atoms with Crippen molar-refractivity contribution in [3.8, 4) is 11.5 Å². The minimum absolute atomic E-state index is 0.0581. The Bertz CT molecular complexity index is 868. The van der Waals surface area contributed by atoms with Crippen LogP contribution in [-0.2, 0) is 23.9 Å². The SMILES string of the molecule is CCOC(=O)COc1c(Cl)cc(/C=C2/NC(=O)N(CC(=O)OC)C2=O)cc1OC. The molecule has 3 amide bonds. The summed E-state index contributed by atoms with van der Waals surface area (Å²) in [7, 11) is 2.53. The van der Waals surface area contributed by atoms with E-state index in [4.69, 9.17) is 25.8 Å². The number of esters is 2. The largest absolute Gasteiger partial charge is 0.493 e. The van der Waals surface area contributed by atoms with E-state index < -0.39 is 30.4 Å². The van der Waals surface area contributed by atoms with Gasteiger partial charge in [0.1, 0.15) is 12.2 Å². The Labute approximate surface area is 171 Å². The summed E-state index contributed by atoms with van der Waals surface area (Å²) in [6.45, 7) is 1.01. The average Bonchev–Trinajstić information content (AvgIpc) is 2.94.